The van der Waals surface area contributed by atoms with Gasteiger partial charge in [-0.3, -0.25) is 4.79 Å². The highest BCUT2D eigenvalue weighted by Gasteiger charge is 2.41. The molecule has 6 heteroatoms. The summed E-state index contributed by atoms with van der Waals surface area (Å²) in [5, 5.41) is 7.09. The van der Waals surface area contributed by atoms with E-state index < -0.39 is 5.54 Å². The van der Waals surface area contributed by atoms with Gasteiger partial charge in [0, 0.05) is 38.9 Å². The van der Waals surface area contributed by atoms with Crippen LogP contribution in [0.15, 0.2) is 4.52 Å². The minimum Gasteiger partial charge on any atom is -0.381 e. The number of hydrogen-bond donors (Lipinski definition) is 1. The molecule has 1 aliphatic rings. The highest BCUT2D eigenvalue weighted by molar-refractivity contribution is 5.77. The highest BCUT2D eigenvalue weighted by atomic mass is 16.5. The van der Waals surface area contributed by atoms with Crippen molar-refractivity contribution in [1.29, 1.82) is 0 Å². The lowest BCUT2D eigenvalue weighted by Gasteiger charge is -2.35. The van der Waals surface area contributed by atoms with Gasteiger partial charge in [-0.05, 0) is 5.41 Å². The minimum atomic E-state index is -0.582. The van der Waals surface area contributed by atoms with Crippen molar-refractivity contribution in [1.82, 2.24) is 15.5 Å². The van der Waals surface area contributed by atoms with Crippen molar-refractivity contribution < 1.29 is 14.1 Å². The van der Waals surface area contributed by atoms with E-state index in [1.54, 1.807) is 0 Å². The van der Waals surface area contributed by atoms with Gasteiger partial charge in [0.05, 0.1) is 0 Å². The minimum absolute atomic E-state index is 0.0145. The van der Waals surface area contributed by atoms with Crippen LogP contribution in [0.2, 0.25) is 0 Å². The Kier molecular flexibility index (Phi) is 4.66. The topological polar surface area (TPSA) is 77.2 Å². The van der Waals surface area contributed by atoms with Crippen LogP contribution in [-0.2, 0) is 21.5 Å². The summed E-state index contributed by atoms with van der Waals surface area (Å²) < 4.78 is 10.8. The molecule has 1 aromatic rings. The van der Waals surface area contributed by atoms with Gasteiger partial charge in [0.25, 0.3) is 5.89 Å². The first-order valence-corrected chi connectivity index (χ1v) is 7.56. The van der Waals surface area contributed by atoms with Gasteiger partial charge in [-0.25, -0.2) is 0 Å². The zero-order chi connectivity index (χ0) is 15.5. The van der Waals surface area contributed by atoms with Gasteiger partial charge >= 0.3 is 0 Å². The molecule has 0 saturated carbocycles. The Morgan fingerprint density at radius 1 is 1.33 bits per heavy atom. The van der Waals surface area contributed by atoms with Gasteiger partial charge < -0.3 is 14.6 Å². The molecule has 0 atom stereocenters. The van der Waals surface area contributed by atoms with E-state index >= 15 is 0 Å². The molecule has 1 aromatic heterocycles. The summed E-state index contributed by atoms with van der Waals surface area (Å²) in [7, 11) is 0. The van der Waals surface area contributed by atoms with E-state index in [1.807, 2.05) is 27.7 Å². The van der Waals surface area contributed by atoms with Gasteiger partial charge in [0.15, 0.2) is 5.82 Å². The van der Waals surface area contributed by atoms with Gasteiger partial charge in [0.1, 0.15) is 5.54 Å². The van der Waals surface area contributed by atoms with E-state index in [4.69, 9.17) is 9.26 Å². The van der Waals surface area contributed by atoms with Crippen LogP contribution in [0.5, 0.6) is 0 Å². The van der Waals surface area contributed by atoms with Crippen molar-refractivity contribution in [3.05, 3.63) is 11.7 Å². The summed E-state index contributed by atoms with van der Waals surface area (Å²) in [6.45, 7) is 9.28. The number of nitrogens with one attached hydrogen (secondary N) is 1. The number of aryl methyl sites for hydroxylation is 1. The standard InChI is InChI=1S/C15H25N3O3/c1-5-11-16-13(21-18-11)15(6-8-20-9-7-15)17-12(19)10-14(2,3)4/h5-10H2,1-4H3,(H,17,19). The fourth-order valence-corrected chi connectivity index (χ4v) is 2.50. The van der Waals surface area contributed by atoms with Crippen LogP contribution in [0.3, 0.4) is 0 Å². The summed E-state index contributed by atoms with van der Waals surface area (Å²) in [5.41, 5.74) is -0.638. The average molecular weight is 295 g/mol. The summed E-state index contributed by atoms with van der Waals surface area (Å²) in [6, 6.07) is 0. The van der Waals surface area contributed by atoms with Crippen molar-refractivity contribution in [2.45, 2.75) is 58.9 Å². The zero-order valence-corrected chi connectivity index (χ0v) is 13.4. The van der Waals surface area contributed by atoms with E-state index in [1.165, 1.54) is 0 Å². The molecule has 0 aliphatic carbocycles. The van der Waals surface area contributed by atoms with E-state index in [0.29, 0.717) is 50.6 Å². The lowest BCUT2D eigenvalue weighted by Crippen LogP contribution is -2.50. The van der Waals surface area contributed by atoms with Crippen molar-refractivity contribution in [3.63, 3.8) is 0 Å². The molecule has 118 valence electrons. The fourth-order valence-electron chi connectivity index (χ4n) is 2.50. The first-order chi connectivity index (χ1) is 9.85. The van der Waals surface area contributed by atoms with Gasteiger partial charge in [-0.1, -0.05) is 32.9 Å². The highest BCUT2D eigenvalue weighted by Crippen LogP contribution is 2.32. The van der Waals surface area contributed by atoms with E-state index in [-0.39, 0.29) is 11.3 Å². The molecule has 1 aliphatic heterocycles. The third-order valence-corrected chi connectivity index (χ3v) is 3.61. The molecule has 2 rings (SSSR count). The number of ether oxygens (including phenoxy) is 1. The SMILES string of the molecule is CCc1noc(C2(NC(=O)CC(C)(C)C)CCOCC2)n1. The first-order valence-electron chi connectivity index (χ1n) is 7.56. The van der Waals surface area contributed by atoms with Gasteiger partial charge in [0.2, 0.25) is 5.91 Å². The molecule has 1 fully saturated rings. The number of aromatic nitrogens is 2. The third-order valence-electron chi connectivity index (χ3n) is 3.61. The second-order valence-electron chi connectivity index (χ2n) is 6.85. The predicted molar refractivity (Wildman–Crippen MR) is 77.6 cm³/mol. The van der Waals surface area contributed by atoms with Crippen LogP contribution in [0.1, 0.15) is 58.7 Å². The Morgan fingerprint density at radius 2 is 2.00 bits per heavy atom. The van der Waals surface area contributed by atoms with Gasteiger partial charge in [-0.15, -0.1) is 0 Å². The third kappa shape index (κ3) is 4.03. The molecule has 1 N–H and O–H groups in total. The van der Waals surface area contributed by atoms with Crippen LogP contribution in [0.25, 0.3) is 0 Å². The van der Waals surface area contributed by atoms with E-state index in [9.17, 15) is 4.79 Å². The number of carbonyl (C=O) groups is 1. The number of hydrogen-bond acceptors (Lipinski definition) is 5. The molecule has 0 bridgehead atoms. The monoisotopic (exact) mass is 295 g/mol. The van der Waals surface area contributed by atoms with E-state index in [0.717, 1.165) is 0 Å². The molecule has 0 aromatic carbocycles. The van der Waals surface area contributed by atoms with Crippen LogP contribution < -0.4 is 5.32 Å². The summed E-state index contributed by atoms with van der Waals surface area (Å²) >= 11 is 0. The van der Waals surface area contributed by atoms with Crippen LogP contribution in [0, 0.1) is 5.41 Å². The van der Waals surface area contributed by atoms with E-state index in [2.05, 4.69) is 15.5 Å². The smallest absolute Gasteiger partial charge is 0.252 e. The predicted octanol–water partition coefficient (Wildman–Crippen LogP) is 2.19. The molecule has 0 radical (unpaired) electrons. The number of carbonyl (C=O) groups excluding carboxylic acids is 1. The molecule has 0 spiro atoms. The van der Waals surface area contributed by atoms with Crippen LogP contribution in [-0.4, -0.2) is 29.3 Å². The molecular formula is C15H25N3O3. The summed E-state index contributed by atoms with van der Waals surface area (Å²) in [6.07, 6.45) is 2.50. The molecule has 1 amide bonds. The molecule has 21 heavy (non-hydrogen) atoms. The van der Waals surface area contributed by atoms with Crippen molar-refractivity contribution in [3.8, 4) is 0 Å². The Hall–Kier alpha value is -1.43. The molecule has 1 saturated heterocycles. The lowest BCUT2D eigenvalue weighted by molar-refractivity contribution is -0.126. The lowest BCUT2D eigenvalue weighted by atomic mass is 9.87. The maximum absolute atomic E-state index is 12.3. The molecular weight excluding hydrogens is 270 g/mol. The fraction of sp³-hybridized carbons (Fsp3) is 0.800. The maximum Gasteiger partial charge on any atom is 0.252 e. The summed E-state index contributed by atoms with van der Waals surface area (Å²) in [5.74, 6) is 1.19. The van der Waals surface area contributed by atoms with Crippen LogP contribution in [0.4, 0.5) is 0 Å². The molecule has 2 heterocycles. The molecule has 6 nitrogen and oxygen atoms in total. The van der Waals surface area contributed by atoms with Crippen molar-refractivity contribution in [2.75, 3.05) is 13.2 Å². The van der Waals surface area contributed by atoms with Crippen molar-refractivity contribution in [2.24, 2.45) is 5.41 Å². The number of rotatable bonds is 4. The Labute approximate surface area is 125 Å². The Bertz CT molecular complexity index is 485. The Balaban J connectivity index is 2.19. The van der Waals surface area contributed by atoms with Gasteiger partial charge in [-0.2, -0.15) is 4.98 Å². The van der Waals surface area contributed by atoms with Crippen LogP contribution >= 0.6 is 0 Å². The largest absolute Gasteiger partial charge is 0.381 e. The second kappa shape index (κ2) is 6.13. The second-order valence-corrected chi connectivity index (χ2v) is 6.85. The normalized spacial score (nSPS) is 18.5. The number of nitrogens with zero attached hydrogens (tertiary/aromatic N) is 2. The summed E-state index contributed by atoms with van der Waals surface area (Å²) in [4.78, 5) is 16.8. The Morgan fingerprint density at radius 3 is 2.52 bits per heavy atom. The maximum atomic E-state index is 12.3. The zero-order valence-electron chi connectivity index (χ0n) is 13.4. The first kappa shape index (κ1) is 15.9. The van der Waals surface area contributed by atoms with Crippen molar-refractivity contribution >= 4 is 5.91 Å². The quantitative estimate of drug-likeness (QED) is 0.921. The average Bonchev–Trinajstić information content (AvgIpc) is 2.86. The number of amides is 1. The molecule has 0 unspecified atom stereocenters.